The molecule has 1 atom stereocenters. The Balaban J connectivity index is 2.45. The van der Waals surface area contributed by atoms with Crippen molar-refractivity contribution < 1.29 is 15.3 Å². The summed E-state index contributed by atoms with van der Waals surface area (Å²) in [5, 5.41) is 31.9. The fourth-order valence-electron chi connectivity index (χ4n) is 1.40. The summed E-state index contributed by atoms with van der Waals surface area (Å²) in [5.41, 5.74) is 0.581. The molecule has 0 amide bonds. The van der Waals surface area contributed by atoms with E-state index in [-0.39, 0.29) is 11.5 Å². The van der Waals surface area contributed by atoms with Crippen LogP contribution in [0.3, 0.4) is 0 Å². The summed E-state index contributed by atoms with van der Waals surface area (Å²) in [6.07, 6.45) is 3.13. The van der Waals surface area contributed by atoms with E-state index < -0.39 is 5.75 Å². The van der Waals surface area contributed by atoms with Crippen molar-refractivity contribution >= 4 is 11.8 Å². The molecular weight excluding hydrogens is 238 g/mol. The molecule has 96 valence electrons. The maximum Gasteiger partial charge on any atom is 0.200 e. The minimum Gasteiger partial charge on any atom is -0.504 e. The van der Waals surface area contributed by atoms with Gasteiger partial charge in [-0.25, -0.2) is 0 Å². The molecule has 0 aliphatic rings. The molecule has 0 aromatic heterocycles. The molecule has 0 heterocycles. The van der Waals surface area contributed by atoms with Gasteiger partial charge in [0.1, 0.15) is 0 Å². The van der Waals surface area contributed by atoms with Crippen molar-refractivity contribution in [2.45, 2.75) is 25.1 Å². The van der Waals surface area contributed by atoms with E-state index in [2.05, 4.69) is 18.5 Å². The van der Waals surface area contributed by atoms with Gasteiger partial charge in [0, 0.05) is 17.4 Å². The molecule has 5 heteroatoms. The highest BCUT2D eigenvalue weighted by atomic mass is 32.2. The van der Waals surface area contributed by atoms with Crippen LogP contribution in [0.1, 0.15) is 18.9 Å². The summed E-state index contributed by atoms with van der Waals surface area (Å²) >= 11 is 1.82. The van der Waals surface area contributed by atoms with Crippen LogP contribution in [0, 0.1) is 0 Å². The molecule has 1 aromatic rings. The molecule has 0 fully saturated rings. The van der Waals surface area contributed by atoms with Crippen molar-refractivity contribution in [3.63, 3.8) is 0 Å². The molecular formula is C12H19NO3S. The molecule has 0 aliphatic heterocycles. The highest BCUT2D eigenvalue weighted by molar-refractivity contribution is 7.99. The highest BCUT2D eigenvalue weighted by Crippen LogP contribution is 2.36. The monoisotopic (exact) mass is 257 g/mol. The second-order valence-electron chi connectivity index (χ2n) is 3.95. The Labute approximate surface area is 106 Å². The summed E-state index contributed by atoms with van der Waals surface area (Å²) in [5.74, 6) is -1.01. The van der Waals surface area contributed by atoms with Crippen LogP contribution in [0.2, 0.25) is 0 Å². The maximum atomic E-state index is 9.58. The van der Waals surface area contributed by atoms with E-state index in [1.165, 1.54) is 6.07 Å². The van der Waals surface area contributed by atoms with E-state index in [9.17, 15) is 10.2 Å². The quantitative estimate of drug-likeness (QED) is 0.463. The summed E-state index contributed by atoms with van der Waals surface area (Å²) in [7, 11) is 0. The van der Waals surface area contributed by atoms with Crippen molar-refractivity contribution in [2.24, 2.45) is 0 Å². The number of thioether (sulfide) groups is 1. The molecule has 0 saturated heterocycles. The zero-order chi connectivity index (χ0) is 12.8. The first kappa shape index (κ1) is 14.0. The Kier molecular flexibility index (Phi) is 5.44. The number of phenolic OH excluding ortho intramolecular Hbond substituents is 3. The summed E-state index contributed by atoms with van der Waals surface area (Å²) in [4.78, 5) is 0. The van der Waals surface area contributed by atoms with E-state index >= 15 is 0 Å². The normalized spacial score (nSPS) is 12.6. The SMILES string of the molecule is CSC(C)CCNCc1ccc(O)c(O)c1O. The predicted octanol–water partition coefficient (Wildman–Crippen LogP) is 2.03. The van der Waals surface area contributed by atoms with Crippen LogP contribution < -0.4 is 5.32 Å². The van der Waals surface area contributed by atoms with Crippen LogP contribution in [-0.4, -0.2) is 33.4 Å². The van der Waals surface area contributed by atoms with E-state index in [0.717, 1.165) is 13.0 Å². The number of aromatic hydroxyl groups is 3. The van der Waals surface area contributed by atoms with Gasteiger partial charge in [0.05, 0.1) is 0 Å². The Bertz CT molecular complexity index is 371. The zero-order valence-electron chi connectivity index (χ0n) is 10.1. The van der Waals surface area contributed by atoms with Crippen molar-refractivity contribution in [3.05, 3.63) is 17.7 Å². The van der Waals surface area contributed by atoms with Gasteiger partial charge in [-0.1, -0.05) is 13.0 Å². The minimum atomic E-state index is -0.457. The van der Waals surface area contributed by atoms with Crippen LogP contribution >= 0.6 is 11.8 Å². The predicted molar refractivity (Wildman–Crippen MR) is 70.7 cm³/mol. The summed E-state index contributed by atoms with van der Waals surface area (Å²) < 4.78 is 0. The molecule has 0 bridgehead atoms. The average molecular weight is 257 g/mol. The van der Waals surface area contributed by atoms with E-state index in [1.807, 2.05) is 11.8 Å². The number of nitrogens with one attached hydrogen (secondary N) is 1. The highest BCUT2D eigenvalue weighted by Gasteiger charge is 2.10. The first-order valence-corrected chi connectivity index (χ1v) is 6.81. The number of hydrogen-bond donors (Lipinski definition) is 4. The largest absolute Gasteiger partial charge is 0.504 e. The molecule has 0 saturated carbocycles. The molecule has 0 spiro atoms. The molecule has 1 unspecified atom stereocenters. The average Bonchev–Trinajstić information content (AvgIpc) is 2.33. The van der Waals surface area contributed by atoms with Crippen LogP contribution in [0.5, 0.6) is 17.2 Å². The lowest BCUT2D eigenvalue weighted by atomic mass is 10.1. The molecule has 0 radical (unpaired) electrons. The topological polar surface area (TPSA) is 72.7 Å². The van der Waals surface area contributed by atoms with Gasteiger partial charge in [-0.15, -0.1) is 0 Å². The molecule has 1 rings (SSSR count). The second-order valence-corrected chi connectivity index (χ2v) is 5.23. The third-order valence-electron chi connectivity index (χ3n) is 2.66. The lowest BCUT2D eigenvalue weighted by molar-refractivity contribution is 0.364. The van der Waals surface area contributed by atoms with Crippen LogP contribution in [0.15, 0.2) is 12.1 Å². The smallest absolute Gasteiger partial charge is 0.200 e. The standard InChI is InChI=1S/C12H19NO3S/c1-8(17-2)5-6-13-7-9-3-4-10(14)12(16)11(9)15/h3-4,8,13-16H,5-7H2,1-2H3. The lowest BCUT2D eigenvalue weighted by Crippen LogP contribution is -2.17. The molecule has 1 aromatic carbocycles. The van der Waals surface area contributed by atoms with Crippen molar-refractivity contribution in [2.75, 3.05) is 12.8 Å². The number of rotatable bonds is 6. The first-order valence-electron chi connectivity index (χ1n) is 5.52. The van der Waals surface area contributed by atoms with Gasteiger partial charge < -0.3 is 20.6 Å². The third kappa shape index (κ3) is 4.02. The van der Waals surface area contributed by atoms with Crippen LogP contribution in [0.4, 0.5) is 0 Å². The van der Waals surface area contributed by atoms with Crippen molar-refractivity contribution in [1.82, 2.24) is 5.32 Å². The van der Waals surface area contributed by atoms with Gasteiger partial charge in [-0.3, -0.25) is 0 Å². The van der Waals surface area contributed by atoms with Crippen molar-refractivity contribution in [3.8, 4) is 17.2 Å². The fraction of sp³-hybridized carbons (Fsp3) is 0.500. The second kappa shape index (κ2) is 6.61. The zero-order valence-corrected chi connectivity index (χ0v) is 10.9. The Morgan fingerprint density at radius 3 is 2.59 bits per heavy atom. The number of benzene rings is 1. The first-order chi connectivity index (χ1) is 8.06. The minimum absolute atomic E-state index is 0.254. The van der Waals surface area contributed by atoms with Gasteiger partial charge in [0.15, 0.2) is 11.5 Å². The van der Waals surface area contributed by atoms with Gasteiger partial charge in [0.25, 0.3) is 0 Å². The Morgan fingerprint density at radius 1 is 1.24 bits per heavy atom. The number of hydrogen-bond acceptors (Lipinski definition) is 5. The maximum absolute atomic E-state index is 9.58. The third-order valence-corrected chi connectivity index (χ3v) is 3.70. The van der Waals surface area contributed by atoms with Crippen LogP contribution in [0.25, 0.3) is 0 Å². The van der Waals surface area contributed by atoms with E-state index in [4.69, 9.17) is 5.11 Å². The summed E-state index contributed by atoms with van der Waals surface area (Å²) in [6, 6.07) is 2.96. The Hall–Kier alpha value is -1.07. The Morgan fingerprint density at radius 2 is 1.94 bits per heavy atom. The van der Waals surface area contributed by atoms with Gasteiger partial charge in [-0.05, 0) is 25.3 Å². The van der Waals surface area contributed by atoms with Gasteiger partial charge in [-0.2, -0.15) is 11.8 Å². The van der Waals surface area contributed by atoms with E-state index in [1.54, 1.807) is 6.07 Å². The van der Waals surface area contributed by atoms with Gasteiger partial charge >= 0.3 is 0 Å². The summed E-state index contributed by atoms with van der Waals surface area (Å²) in [6.45, 7) is 3.49. The lowest BCUT2D eigenvalue weighted by Gasteiger charge is -2.11. The fourth-order valence-corrected chi connectivity index (χ4v) is 1.75. The number of phenols is 3. The van der Waals surface area contributed by atoms with Crippen LogP contribution in [-0.2, 0) is 6.54 Å². The molecule has 17 heavy (non-hydrogen) atoms. The van der Waals surface area contributed by atoms with Gasteiger partial charge in [0.2, 0.25) is 5.75 Å². The molecule has 4 N–H and O–H groups in total. The van der Waals surface area contributed by atoms with E-state index in [0.29, 0.717) is 17.4 Å². The molecule has 4 nitrogen and oxygen atoms in total. The molecule has 0 aliphatic carbocycles. The van der Waals surface area contributed by atoms with Crippen molar-refractivity contribution in [1.29, 1.82) is 0 Å².